The standard InChI is InChI=1S/C22H20ClF3N4O4/c23-16-4-2-13(8-15(16)22(24,25)26)28-21(34)27-9-11-1-3-14-12(7-11)10-30(20(14)33)17-5-6-18(31)29-19(17)32/h1-4,7-8,17,20,33H,5-6,9-10H2,(H2,27,28,34)(H,29,31,32). The fourth-order valence-electron chi connectivity index (χ4n) is 4.08. The molecule has 180 valence electrons. The molecule has 34 heavy (non-hydrogen) atoms. The van der Waals surface area contributed by atoms with E-state index in [2.05, 4.69) is 16.0 Å². The third-order valence-corrected chi connectivity index (χ3v) is 6.08. The van der Waals surface area contributed by atoms with Crippen molar-refractivity contribution < 1.29 is 32.7 Å². The van der Waals surface area contributed by atoms with Gasteiger partial charge in [0.05, 0.1) is 16.6 Å². The largest absolute Gasteiger partial charge is 0.417 e. The number of amides is 4. The third-order valence-electron chi connectivity index (χ3n) is 5.75. The Morgan fingerprint density at radius 2 is 1.97 bits per heavy atom. The quantitative estimate of drug-likeness (QED) is 0.485. The van der Waals surface area contributed by atoms with Crippen LogP contribution >= 0.6 is 11.6 Å². The summed E-state index contributed by atoms with van der Waals surface area (Å²) >= 11 is 5.58. The molecule has 4 amide bonds. The van der Waals surface area contributed by atoms with Crippen molar-refractivity contribution >= 4 is 35.1 Å². The molecule has 2 unspecified atom stereocenters. The number of carbonyl (C=O) groups is 3. The number of alkyl halides is 3. The maximum Gasteiger partial charge on any atom is 0.417 e. The van der Waals surface area contributed by atoms with Crippen LogP contribution in [0.3, 0.4) is 0 Å². The molecule has 0 aromatic heterocycles. The number of rotatable bonds is 4. The Kier molecular flexibility index (Phi) is 6.52. The average molecular weight is 497 g/mol. The highest BCUT2D eigenvalue weighted by Crippen LogP contribution is 2.37. The van der Waals surface area contributed by atoms with Crippen LogP contribution in [-0.4, -0.2) is 33.9 Å². The summed E-state index contributed by atoms with van der Waals surface area (Å²) in [6.07, 6.45) is -5.15. The molecule has 0 saturated carbocycles. The monoisotopic (exact) mass is 496 g/mol. The van der Waals surface area contributed by atoms with Gasteiger partial charge < -0.3 is 15.7 Å². The number of urea groups is 1. The smallest absolute Gasteiger partial charge is 0.374 e. The molecule has 2 aromatic rings. The SMILES string of the molecule is O=C1CCC(N2Cc3cc(CNC(=O)Nc4ccc(Cl)c(C(F)(F)F)c4)ccc3C2O)C(=O)N1. The van der Waals surface area contributed by atoms with Gasteiger partial charge in [0, 0.05) is 25.2 Å². The third kappa shape index (κ3) is 5.01. The first-order valence-electron chi connectivity index (χ1n) is 10.3. The predicted octanol–water partition coefficient (Wildman–Crippen LogP) is 3.29. The Hall–Kier alpha value is -3.15. The van der Waals surface area contributed by atoms with E-state index in [1.807, 2.05) is 0 Å². The van der Waals surface area contributed by atoms with Gasteiger partial charge in [0.2, 0.25) is 11.8 Å². The van der Waals surface area contributed by atoms with Gasteiger partial charge in [0.25, 0.3) is 0 Å². The summed E-state index contributed by atoms with van der Waals surface area (Å²) in [4.78, 5) is 37.3. The number of imide groups is 1. The van der Waals surface area contributed by atoms with Crippen molar-refractivity contribution in [3.05, 3.63) is 63.7 Å². The number of hydrogen-bond acceptors (Lipinski definition) is 5. The lowest BCUT2D eigenvalue weighted by Crippen LogP contribution is -2.51. The molecule has 0 spiro atoms. The number of aliphatic hydroxyl groups is 1. The number of nitrogens with zero attached hydrogens (tertiary/aromatic N) is 1. The van der Waals surface area contributed by atoms with Crippen molar-refractivity contribution in [2.45, 2.75) is 44.4 Å². The highest BCUT2D eigenvalue weighted by atomic mass is 35.5. The first-order valence-corrected chi connectivity index (χ1v) is 10.7. The Labute approximate surface area is 197 Å². The fourth-order valence-corrected chi connectivity index (χ4v) is 4.30. The van der Waals surface area contributed by atoms with Gasteiger partial charge in [-0.2, -0.15) is 13.2 Å². The number of fused-ring (bicyclic) bond motifs is 1. The van der Waals surface area contributed by atoms with Gasteiger partial charge in [-0.05, 0) is 41.3 Å². The lowest BCUT2D eigenvalue weighted by Gasteiger charge is -2.31. The molecule has 0 bridgehead atoms. The lowest BCUT2D eigenvalue weighted by atomic mass is 10.0. The number of hydrogen-bond donors (Lipinski definition) is 4. The van der Waals surface area contributed by atoms with Crippen LogP contribution in [0.2, 0.25) is 5.02 Å². The van der Waals surface area contributed by atoms with Crippen molar-refractivity contribution in [1.29, 1.82) is 0 Å². The van der Waals surface area contributed by atoms with Crippen LogP contribution in [0.4, 0.5) is 23.7 Å². The first kappa shape index (κ1) is 24.0. The van der Waals surface area contributed by atoms with Crippen molar-refractivity contribution in [2.24, 2.45) is 0 Å². The molecule has 1 fully saturated rings. The molecule has 4 N–H and O–H groups in total. The Bertz CT molecular complexity index is 1160. The average Bonchev–Trinajstić information content (AvgIpc) is 3.08. The molecule has 2 heterocycles. The van der Waals surface area contributed by atoms with Crippen LogP contribution in [0.5, 0.6) is 0 Å². The van der Waals surface area contributed by atoms with Crippen LogP contribution in [-0.2, 0) is 28.9 Å². The van der Waals surface area contributed by atoms with E-state index in [0.29, 0.717) is 17.5 Å². The lowest BCUT2D eigenvalue weighted by molar-refractivity contribution is -0.142. The van der Waals surface area contributed by atoms with E-state index in [1.165, 1.54) is 6.07 Å². The van der Waals surface area contributed by atoms with Crippen LogP contribution in [0.25, 0.3) is 0 Å². The van der Waals surface area contributed by atoms with Crippen LogP contribution in [0.15, 0.2) is 36.4 Å². The minimum Gasteiger partial charge on any atom is -0.374 e. The van der Waals surface area contributed by atoms with E-state index in [9.17, 15) is 32.7 Å². The second kappa shape index (κ2) is 9.24. The molecule has 1 saturated heterocycles. The van der Waals surface area contributed by atoms with Crippen molar-refractivity contribution in [3.63, 3.8) is 0 Å². The Morgan fingerprint density at radius 1 is 1.21 bits per heavy atom. The molecule has 0 aliphatic carbocycles. The zero-order valence-electron chi connectivity index (χ0n) is 17.6. The Balaban J connectivity index is 1.38. The number of halogens is 4. The van der Waals surface area contributed by atoms with E-state index >= 15 is 0 Å². The van der Waals surface area contributed by atoms with Crippen molar-refractivity contribution in [3.8, 4) is 0 Å². The van der Waals surface area contributed by atoms with Gasteiger partial charge in [-0.1, -0.05) is 29.8 Å². The Morgan fingerprint density at radius 3 is 2.68 bits per heavy atom. The van der Waals surface area contributed by atoms with Gasteiger partial charge in [-0.3, -0.25) is 19.8 Å². The van der Waals surface area contributed by atoms with Gasteiger partial charge >= 0.3 is 12.2 Å². The molecule has 8 nitrogen and oxygen atoms in total. The summed E-state index contributed by atoms with van der Waals surface area (Å²) in [6.45, 7) is 0.362. The molecule has 2 aromatic carbocycles. The second-order valence-electron chi connectivity index (χ2n) is 8.05. The highest BCUT2D eigenvalue weighted by Gasteiger charge is 2.39. The molecular weight excluding hydrogens is 477 g/mol. The van der Waals surface area contributed by atoms with Gasteiger partial charge in [-0.25, -0.2) is 4.79 Å². The van der Waals surface area contributed by atoms with Gasteiger partial charge in [0.1, 0.15) is 6.23 Å². The summed E-state index contributed by atoms with van der Waals surface area (Å²) in [7, 11) is 0. The number of aliphatic hydroxyl groups excluding tert-OH is 1. The zero-order chi connectivity index (χ0) is 24.6. The summed E-state index contributed by atoms with van der Waals surface area (Å²) in [5.74, 6) is -0.787. The van der Waals surface area contributed by atoms with E-state index in [-0.39, 0.29) is 31.1 Å². The molecule has 4 rings (SSSR count). The highest BCUT2D eigenvalue weighted by molar-refractivity contribution is 6.31. The first-order chi connectivity index (χ1) is 16.0. The molecule has 12 heteroatoms. The fraction of sp³-hybridized carbons (Fsp3) is 0.318. The molecule has 2 aliphatic heterocycles. The summed E-state index contributed by atoms with van der Waals surface area (Å²) in [5, 5.41) is 17.4. The van der Waals surface area contributed by atoms with Crippen molar-refractivity contribution in [1.82, 2.24) is 15.5 Å². The summed E-state index contributed by atoms with van der Waals surface area (Å²) < 4.78 is 39.0. The molecular formula is C22H20ClF3N4O4. The van der Waals surface area contributed by atoms with Crippen LogP contribution in [0.1, 0.15) is 41.3 Å². The van der Waals surface area contributed by atoms with E-state index in [0.717, 1.165) is 17.7 Å². The molecule has 0 radical (unpaired) electrons. The van der Waals surface area contributed by atoms with E-state index in [4.69, 9.17) is 11.6 Å². The minimum atomic E-state index is -4.65. The van der Waals surface area contributed by atoms with Gasteiger partial charge in [-0.15, -0.1) is 0 Å². The zero-order valence-corrected chi connectivity index (χ0v) is 18.3. The minimum absolute atomic E-state index is 0.0637. The number of benzene rings is 2. The maximum atomic E-state index is 13.0. The van der Waals surface area contributed by atoms with E-state index in [1.54, 1.807) is 23.1 Å². The predicted molar refractivity (Wildman–Crippen MR) is 115 cm³/mol. The number of carbonyl (C=O) groups excluding carboxylic acids is 3. The number of nitrogens with one attached hydrogen (secondary N) is 3. The normalized spacial score (nSPS) is 20.6. The maximum absolute atomic E-state index is 13.0. The molecule has 2 atom stereocenters. The van der Waals surface area contributed by atoms with Gasteiger partial charge in [0.15, 0.2) is 0 Å². The van der Waals surface area contributed by atoms with E-state index < -0.39 is 41.0 Å². The second-order valence-corrected chi connectivity index (χ2v) is 8.45. The van der Waals surface area contributed by atoms with Crippen LogP contribution < -0.4 is 16.0 Å². The topological polar surface area (TPSA) is 111 Å². The summed E-state index contributed by atoms with van der Waals surface area (Å²) in [5.41, 5.74) is 0.970. The summed E-state index contributed by atoms with van der Waals surface area (Å²) in [6, 6.07) is 6.89. The molecule has 2 aliphatic rings. The number of piperidine rings is 1. The van der Waals surface area contributed by atoms with Crippen molar-refractivity contribution in [2.75, 3.05) is 5.32 Å². The number of anilines is 1. The van der Waals surface area contributed by atoms with Crippen LogP contribution in [0, 0.1) is 0 Å².